The maximum atomic E-state index is 5.31. The molecule has 2 aromatic rings. The van der Waals surface area contributed by atoms with Gasteiger partial charge in [-0.15, -0.1) is 6.58 Å². The van der Waals surface area contributed by atoms with E-state index in [4.69, 9.17) is 14.0 Å². The summed E-state index contributed by atoms with van der Waals surface area (Å²) in [6.07, 6.45) is 3.28. The summed E-state index contributed by atoms with van der Waals surface area (Å²) >= 11 is 0. The van der Waals surface area contributed by atoms with Crippen molar-refractivity contribution in [2.24, 2.45) is 0 Å². The molecule has 1 heterocycles. The second-order valence-corrected chi connectivity index (χ2v) is 3.88. The Balaban J connectivity index is 2.39. The Hall–Kier alpha value is -2.30. The smallest absolute Gasteiger partial charge is 0.227 e. The van der Waals surface area contributed by atoms with Crippen LogP contribution in [0.15, 0.2) is 35.4 Å². The van der Waals surface area contributed by atoms with Crippen LogP contribution in [0.1, 0.15) is 12.3 Å². The summed E-state index contributed by atoms with van der Waals surface area (Å²) in [5, 5.41) is 3.98. The molecule has 0 bridgehead atoms. The Kier molecular flexibility index (Phi) is 4.18. The minimum atomic E-state index is 0.466. The van der Waals surface area contributed by atoms with Gasteiger partial charge in [-0.2, -0.15) is 4.98 Å². The van der Waals surface area contributed by atoms with Crippen molar-refractivity contribution in [3.63, 3.8) is 0 Å². The summed E-state index contributed by atoms with van der Waals surface area (Å²) in [5.74, 6) is 2.34. The molecule has 0 atom stereocenters. The van der Waals surface area contributed by atoms with E-state index in [0.717, 1.165) is 6.42 Å². The zero-order valence-corrected chi connectivity index (χ0v) is 11.0. The molecule has 0 aliphatic rings. The van der Waals surface area contributed by atoms with Crippen molar-refractivity contribution in [1.29, 1.82) is 0 Å². The van der Waals surface area contributed by atoms with Gasteiger partial charge in [-0.05, 0) is 18.6 Å². The van der Waals surface area contributed by atoms with E-state index in [2.05, 4.69) is 16.7 Å². The van der Waals surface area contributed by atoms with Crippen LogP contribution in [0.3, 0.4) is 0 Å². The largest absolute Gasteiger partial charge is 0.496 e. The molecule has 0 saturated carbocycles. The summed E-state index contributed by atoms with van der Waals surface area (Å²) in [6, 6.07) is 5.51. The van der Waals surface area contributed by atoms with Crippen LogP contribution in [0.4, 0.5) is 0 Å². The number of ether oxygens (including phenoxy) is 2. The third-order valence-corrected chi connectivity index (χ3v) is 2.68. The van der Waals surface area contributed by atoms with Crippen molar-refractivity contribution in [2.45, 2.75) is 12.8 Å². The monoisotopic (exact) mass is 260 g/mol. The van der Waals surface area contributed by atoms with E-state index >= 15 is 0 Å². The van der Waals surface area contributed by atoms with Gasteiger partial charge in [-0.1, -0.05) is 17.3 Å². The minimum Gasteiger partial charge on any atom is -0.496 e. The van der Waals surface area contributed by atoms with Crippen molar-refractivity contribution < 1.29 is 14.0 Å². The first-order valence-corrected chi connectivity index (χ1v) is 5.95. The van der Waals surface area contributed by atoms with Gasteiger partial charge in [0.05, 0.1) is 14.2 Å². The molecule has 100 valence electrons. The van der Waals surface area contributed by atoms with Crippen LogP contribution >= 0.6 is 0 Å². The lowest BCUT2D eigenvalue weighted by Gasteiger charge is -2.09. The number of allylic oxidation sites excluding steroid dienone is 1. The number of aromatic nitrogens is 2. The number of aryl methyl sites for hydroxylation is 1. The number of methoxy groups -OCH3 is 2. The molecule has 1 aromatic heterocycles. The van der Waals surface area contributed by atoms with Crippen LogP contribution in [0.2, 0.25) is 0 Å². The molecule has 0 radical (unpaired) electrons. The van der Waals surface area contributed by atoms with Gasteiger partial charge in [0.15, 0.2) is 0 Å². The van der Waals surface area contributed by atoms with Crippen LogP contribution in [0.5, 0.6) is 11.5 Å². The van der Waals surface area contributed by atoms with Gasteiger partial charge in [0.2, 0.25) is 11.7 Å². The molecule has 5 heteroatoms. The molecule has 1 aromatic carbocycles. The molecule has 0 saturated heterocycles. The fraction of sp³-hybridized carbons (Fsp3) is 0.286. The number of benzene rings is 1. The normalized spacial score (nSPS) is 10.2. The van der Waals surface area contributed by atoms with Gasteiger partial charge < -0.3 is 14.0 Å². The molecular formula is C14H16N2O3. The van der Waals surface area contributed by atoms with Crippen molar-refractivity contribution in [2.75, 3.05) is 14.2 Å². The van der Waals surface area contributed by atoms with Crippen molar-refractivity contribution in [1.82, 2.24) is 10.1 Å². The topological polar surface area (TPSA) is 57.4 Å². The van der Waals surface area contributed by atoms with Crippen LogP contribution in [-0.2, 0) is 6.42 Å². The first kappa shape index (κ1) is 13.1. The molecule has 0 spiro atoms. The SMILES string of the molecule is C=CCCc1nc(-c2c(OC)cccc2OC)no1. The van der Waals surface area contributed by atoms with Crippen LogP contribution in [0, 0.1) is 0 Å². The molecule has 5 nitrogen and oxygen atoms in total. The second kappa shape index (κ2) is 6.04. The maximum Gasteiger partial charge on any atom is 0.227 e. The van der Waals surface area contributed by atoms with E-state index < -0.39 is 0 Å². The van der Waals surface area contributed by atoms with Crippen LogP contribution in [0.25, 0.3) is 11.4 Å². The summed E-state index contributed by atoms with van der Waals surface area (Å²) in [6.45, 7) is 3.67. The Bertz CT molecular complexity index is 541. The molecule has 2 rings (SSSR count). The molecule has 0 aliphatic heterocycles. The van der Waals surface area contributed by atoms with Gasteiger partial charge in [0.25, 0.3) is 0 Å². The standard InChI is InChI=1S/C14H16N2O3/c1-4-5-9-12-15-14(16-19-12)13-10(17-2)7-6-8-11(13)18-3/h4,6-8H,1,5,9H2,2-3H3. The Morgan fingerprint density at radius 2 is 1.95 bits per heavy atom. The highest BCUT2D eigenvalue weighted by molar-refractivity contribution is 5.71. The molecule has 0 unspecified atom stereocenters. The fourth-order valence-electron chi connectivity index (χ4n) is 1.76. The summed E-state index contributed by atoms with van der Waals surface area (Å²) < 4.78 is 15.8. The van der Waals surface area contributed by atoms with Crippen molar-refractivity contribution >= 4 is 0 Å². The molecule has 0 aliphatic carbocycles. The van der Waals surface area contributed by atoms with Gasteiger partial charge in [0.1, 0.15) is 17.1 Å². The Morgan fingerprint density at radius 3 is 2.53 bits per heavy atom. The zero-order chi connectivity index (χ0) is 13.7. The number of rotatable bonds is 6. The highest BCUT2D eigenvalue weighted by Gasteiger charge is 2.17. The first-order chi connectivity index (χ1) is 9.30. The summed E-state index contributed by atoms with van der Waals surface area (Å²) in [4.78, 5) is 4.35. The van der Waals surface area contributed by atoms with E-state index in [9.17, 15) is 0 Å². The summed E-state index contributed by atoms with van der Waals surface area (Å²) in [7, 11) is 3.19. The number of nitrogens with zero attached hydrogens (tertiary/aromatic N) is 2. The predicted molar refractivity (Wildman–Crippen MR) is 71.4 cm³/mol. The van der Waals surface area contributed by atoms with Crippen molar-refractivity contribution in [3.05, 3.63) is 36.7 Å². The highest BCUT2D eigenvalue weighted by atomic mass is 16.5. The van der Waals surface area contributed by atoms with Crippen LogP contribution < -0.4 is 9.47 Å². The average Bonchev–Trinajstić information content (AvgIpc) is 2.92. The molecule has 0 fully saturated rings. The average molecular weight is 260 g/mol. The molecule has 0 N–H and O–H groups in total. The van der Waals surface area contributed by atoms with E-state index in [1.54, 1.807) is 14.2 Å². The second-order valence-electron chi connectivity index (χ2n) is 3.88. The van der Waals surface area contributed by atoms with E-state index in [-0.39, 0.29) is 0 Å². The maximum absolute atomic E-state index is 5.31. The van der Waals surface area contributed by atoms with Gasteiger partial charge in [-0.3, -0.25) is 0 Å². The van der Waals surface area contributed by atoms with Gasteiger partial charge in [0, 0.05) is 6.42 Å². The number of hydrogen-bond acceptors (Lipinski definition) is 5. The van der Waals surface area contributed by atoms with Gasteiger partial charge in [-0.25, -0.2) is 0 Å². The Labute approximate surface area is 111 Å². The third kappa shape index (κ3) is 2.76. The first-order valence-electron chi connectivity index (χ1n) is 5.95. The van der Waals surface area contributed by atoms with Crippen LogP contribution in [-0.4, -0.2) is 24.4 Å². The lowest BCUT2D eigenvalue weighted by Crippen LogP contribution is -1.94. The van der Waals surface area contributed by atoms with E-state index in [0.29, 0.717) is 35.2 Å². The highest BCUT2D eigenvalue weighted by Crippen LogP contribution is 2.36. The lowest BCUT2D eigenvalue weighted by atomic mass is 10.1. The lowest BCUT2D eigenvalue weighted by molar-refractivity contribution is 0.376. The number of hydrogen-bond donors (Lipinski definition) is 0. The van der Waals surface area contributed by atoms with E-state index in [1.807, 2.05) is 24.3 Å². The molecule has 19 heavy (non-hydrogen) atoms. The van der Waals surface area contributed by atoms with Gasteiger partial charge >= 0.3 is 0 Å². The minimum absolute atomic E-state index is 0.466. The molecular weight excluding hydrogens is 244 g/mol. The molecule has 0 amide bonds. The third-order valence-electron chi connectivity index (χ3n) is 2.68. The van der Waals surface area contributed by atoms with E-state index in [1.165, 1.54) is 0 Å². The fourth-order valence-corrected chi connectivity index (χ4v) is 1.76. The Morgan fingerprint density at radius 1 is 1.26 bits per heavy atom. The van der Waals surface area contributed by atoms with Crippen molar-refractivity contribution in [3.8, 4) is 22.9 Å². The zero-order valence-electron chi connectivity index (χ0n) is 11.0. The summed E-state index contributed by atoms with van der Waals surface area (Å²) in [5.41, 5.74) is 0.695. The quantitative estimate of drug-likeness (QED) is 0.747. The predicted octanol–water partition coefficient (Wildman–Crippen LogP) is 2.87.